The molecule has 0 unspecified atom stereocenters. The maximum absolute atomic E-state index is 11.6. The van der Waals surface area contributed by atoms with Crippen molar-refractivity contribution < 1.29 is 9.53 Å². The van der Waals surface area contributed by atoms with Gasteiger partial charge in [0.15, 0.2) is 0 Å². The van der Waals surface area contributed by atoms with Gasteiger partial charge in [0, 0.05) is 12.3 Å². The number of hydrogen-bond donors (Lipinski definition) is 0. The van der Waals surface area contributed by atoms with Gasteiger partial charge in [-0.05, 0) is 18.9 Å². The van der Waals surface area contributed by atoms with Gasteiger partial charge < -0.3 is 4.74 Å². The van der Waals surface area contributed by atoms with Crippen molar-refractivity contribution >= 4 is 5.78 Å². The van der Waals surface area contributed by atoms with Crippen LogP contribution in [-0.2, 0) is 16.0 Å². The second kappa shape index (κ2) is 4.58. The van der Waals surface area contributed by atoms with Crippen LogP contribution < -0.4 is 0 Å². The minimum absolute atomic E-state index is 0.0708. The molecule has 1 heterocycles. The Morgan fingerprint density at radius 1 is 1.33 bits per heavy atom. The summed E-state index contributed by atoms with van der Waals surface area (Å²) in [5.74, 6) is 0.420. The van der Waals surface area contributed by atoms with E-state index in [0.29, 0.717) is 25.4 Å². The van der Waals surface area contributed by atoms with Crippen LogP contribution >= 0.6 is 0 Å². The van der Waals surface area contributed by atoms with Gasteiger partial charge in [-0.15, -0.1) is 0 Å². The summed E-state index contributed by atoms with van der Waals surface area (Å²) >= 11 is 0. The topological polar surface area (TPSA) is 26.3 Å². The van der Waals surface area contributed by atoms with E-state index in [2.05, 4.69) is 31.2 Å². The molecule has 1 atom stereocenters. The molecular formula is C13H16O2. The van der Waals surface area contributed by atoms with Crippen LogP contribution in [0.15, 0.2) is 24.3 Å². The quantitative estimate of drug-likeness (QED) is 0.737. The highest BCUT2D eigenvalue weighted by Crippen LogP contribution is 2.16. The number of aryl methyl sites for hydroxylation is 1. The summed E-state index contributed by atoms with van der Waals surface area (Å²) < 4.78 is 5.33. The van der Waals surface area contributed by atoms with E-state index < -0.39 is 0 Å². The lowest BCUT2D eigenvalue weighted by Crippen LogP contribution is -2.29. The van der Waals surface area contributed by atoms with Gasteiger partial charge in [0.05, 0.1) is 13.2 Å². The number of Topliss-reactive ketones (excluding diaryl/α,β-unsaturated/α-hetero) is 1. The molecule has 1 aromatic carbocycles. The second-order valence-electron chi connectivity index (χ2n) is 4.18. The van der Waals surface area contributed by atoms with E-state index in [-0.39, 0.29) is 5.92 Å². The Bertz CT molecular complexity index is 340. The zero-order chi connectivity index (χ0) is 10.7. The summed E-state index contributed by atoms with van der Waals surface area (Å²) in [6.07, 6.45) is 1.40. The van der Waals surface area contributed by atoms with Crippen LogP contribution in [0.1, 0.15) is 17.5 Å². The minimum Gasteiger partial charge on any atom is -0.380 e. The van der Waals surface area contributed by atoms with Gasteiger partial charge in [0.1, 0.15) is 5.78 Å². The van der Waals surface area contributed by atoms with Crippen molar-refractivity contribution in [2.75, 3.05) is 13.2 Å². The summed E-state index contributed by atoms with van der Waals surface area (Å²) in [7, 11) is 0. The molecule has 1 saturated heterocycles. The normalized spacial score (nSPS) is 21.7. The Balaban J connectivity index is 2.01. The fourth-order valence-corrected chi connectivity index (χ4v) is 1.88. The summed E-state index contributed by atoms with van der Waals surface area (Å²) in [5.41, 5.74) is 2.48. The smallest absolute Gasteiger partial charge is 0.140 e. The first-order valence-electron chi connectivity index (χ1n) is 5.42. The second-order valence-corrected chi connectivity index (χ2v) is 4.18. The molecule has 2 rings (SSSR count). The number of benzene rings is 1. The van der Waals surface area contributed by atoms with Gasteiger partial charge in [0.25, 0.3) is 0 Å². The van der Waals surface area contributed by atoms with Crippen LogP contribution in [0, 0.1) is 12.8 Å². The number of carbonyl (C=O) groups is 1. The molecule has 0 radical (unpaired) electrons. The highest BCUT2D eigenvalue weighted by atomic mass is 16.5. The van der Waals surface area contributed by atoms with E-state index in [9.17, 15) is 4.79 Å². The highest BCUT2D eigenvalue weighted by Gasteiger charge is 2.22. The molecule has 0 aliphatic carbocycles. The first-order valence-corrected chi connectivity index (χ1v) is 5.42. The average molecular weight is 204 g/mol. The third-order valence-corrected chi connectivity index (χ3v) is 2.87. The fourth-order valence-electron chi connectivity index (χ4n) is 1.88. The van der Waals surface area contributed by atoms with Crippen molar-refractivity contribution in [1.82, 2.24) is 0 Å². The number of rotatable bonds is 2. The minimum atomic E-state index is 0.0708. The molecule has 0 N–H and O–H groups in total. The van der Waals surface area contributed by atoms with Crippen molar-refractivity contribution in [3.8, 4) is 0 Å². The standard InChI is InChI=1S/C13H16O2/c1-10-2-4-11(5-3-10)8-12-9-15-7-6-13(12)14/h2-5,12H,6-9H2,1H3/t12-/m1/s1. The zero-order valence-electron chi connectivity index (χ0n) is 9.03. The third kappa shape index (κ3) is 2.66. The molecule has 15 heavy (non-hydrogen) atoms. The Morgan fingerprint density at radius 2 is 2.07 bits per heavy atom. The lowest BCUT2D eigenvalue weighted by atomic mass is 9.93. The van der Waals surface area contributed by atoms with Crippen molar-refractivity contribution in [2.24, 2.45) is 5.92 Å². The Labute approximate surface area is 90.3 Å². The van der Waals surface area contributed by atoms with Crippen LogP contribution in [0.5, 0.6) is 0 Å². The van der Waals surface area contributed by atoms with Gasteiger partial charge in [-0.3, -0.25) is 4.79 Å². The van der Waals surface area contributed by atoms with E-state index in [0.717, 1.165) is 6.42 Å². The molecule has 2 heteroatoms. The summed E-state index contributed by atoms with van der Waals surface area (Å²) in [6, 6.07) is 8.36. The number of carbonyl (C=O) groups excluding carboxylic acids is 1. The van der Waals surface area contributed by atoms with Crippen molar-refractivity contribution in [1.29, 1.82) is 0 Å². The van der Waals surface area contributed by atoms with Crippen LogP contribution in [0.4, 0.5) is 0 Å². The Hall–Kier alpha value is -1.15. The summed E-state index contributed by atoms with van der Waals surface area (Å²) in [5, 5.41) is 0. The molecule has 0 spiro atoms. The molecule has 0 aromatic heterocycles. The fraction of sp³-hybridized carbons (Fsp3) is 0.462. The van der Waals surface area contributed by atoms with E-state index >= 15 is 0 Å². The summed E-state index contributed by atoms with van der Waals surface area (Å²) in [4.78, 5) is 11.6. The monoisotopic (exact) mass is 204 g/mol. The average Bonchev–Trinajstić information content (AvgIpc) is 2.25. The molecule has 1 fully saturated rings. The maximum Gasteiger partial charge on any atom is 0.140 e. The molecule has 2 nitrogen and oxygen atoms in total. The molecule has 0 bridgehead atoms. The zero-order valence-corrected chi connectivity index (χ0v) is 9.03. The van der Waals surface area contributed by atoms with Crippen LogP contribution in [0.25, 0.3) is 0 Å². The van der Waals surface area contributed by atoms with Gasteiger partial charge in [-0.1, -0.05) is 29.8 Å². The molecule has 0 saturated carbocycles. The van der Waals surface area contributed by atoms with E-state index in [1.165, 1.54) is 11.1 Å². The van der Waals surface area contributed by atoms with Gasteiger partial charge in [-0.2, -0.15) is 0 Å². The van der Waals surface area contributed by atoms with E-state index in [4.69, 9.17) is 4.74 Å². The van der Waals surface area contributed by atoms with Crippen LogP contribution in [-0.4, -0.2) is 19.0 Å². The van der Waals surface area contributed by atoms with Gasteiger partial charge in [0.2, 0.25) is 0 Å². The molecule has 0 amide bonds. The van der Waals surface area contributed by atoms with Crippen molar-refractivity contribution in [3.63, 3.8) is 0 Å². The molecular weight excluding hydrogens is 188 g/mol. The number of hydrogen-bond acceptors (Lipinski definition) is 2. The Morgan fingerprint density at radius 3 is 2.73 bits per heavy atom. The largest absolute Gasteiger partial charge is 0.380 e. The van der Waals surface area contributed by atoms with Gasteiger partial charge in [-0.25, -0.2) is 0 Å². The first kappa shape index (κ1) is 10.4. The molecule has 80 valence electrons. The van der Waals surface area contributed by atoms with E-state index in [1.54, 1.807) is 0 Å². The summed E-state index contributed by atoms with van der Waals surface area (Å²) in [6.45, 7) is 3.26. The molecule has 1 aromatic rings. The number of ether oxygens (including phenoxy) is 1. The Kier molecular flexibility index (Phi) is 3.17. The van der Waals surface area contributed by atoms with Crippen LogP contribution in [0.3, 0.4) is 0 Å². The van der Waals surface area contributed by atoms with Gasteiger partial charge >= 0.3 is 0 Å². The van der Waals surface area contributed by atoms with E-state index in [1.807, 2.05) is 0 Å². The number of ketones is 1. The SMILES string of the molecule is Cc1ccc(C[C@@H]2COCCC2=O)cc1. The third-order valence-electron chi connectivity index (χ3n) is 2.87. The highest BCUT2D eigenvalue weighted by molar-refractivity contribution is 5.82. The maximum atomic E-state index is 11.6. The van der Waals surface area contributed by atoms with Crippen LogP contribution in [0.2, 0.25) is 0 Å². The van der Waals surface area contributed by atoms with Crippen molar-refractivity contribution in [2.45, 2.75) is 19.8 Å². The molecule has 1 aliphatic rings. The lowest BCUT2D eigenvalue weighted by molar-refractivity contribution is -0.130. The predicted octanol–water partition coefficient (Wildman–Crippen LogP) is 2.14. The first-order chi connectivity index (χ1) is 7.25. The van der Waals surface area contributed by atoms with Crippen molar-refractivity contribution in [3.05, 3.63) is 35.4 Å². The predicted molar refractivity (Wildman–Crippen MR) is 58.8 cm³/mol. The lowest BCUT2D eigenvalue weighted by Gasteiger charge is -2.20. The molecule has 1 aliphatic heterocycles.